The summed E-state index contributed by atoms with van der Waals surface area (Å²) in [4.78, 5) is 21.1. The number of rotatable bonds is 6. The van der Waals surface area contributed by atoms with E-state index in [2.05, 4.69) is 53.4 Å². The standard InChI is InChI=1S/C21H25N3OS/c1-16(2)13-20(25)24(21(7-4-8-21)18-5-3-12-26-18)15-17-6-10-23-11-9-22-19(23)14-17/h3,5-6,9-12,14,16H,4,7-8,13,15H2,1-2H3. The highest BCUT2D eigenvalue weighted by atomic mass is 32.1. The number of thiophene rings is 1. The van der Waals surface area contributed by atoms with Crippen molar-refractivity contribution in [2.45, 2.75) is 51.6 Å². The fourth-order valence-corrected chi connectivity index (χ4v) is 4.87. The second-order valence-corrected chi connectivity index (χ2v) is 8.62. The largest absolute Gasteiger partial charge is 0.328 e. The minimum absolute atomic E-state index is 0.123. The molecule has 3 heterocycles. The Labute approximate surface area is 158 Å². The normalized spacial score (nSPS) is 16.0. The molecule has 26 heavy (non-hydrogen) atoms. The molecule has 0 N–H and O–H groups in total. The first-order valence-corrected chi connectivity index (χ1v) is 10.2. The van der Waals surface area contributed by atoms with E-state index in [9.17, 15) is 4.79 Å². The minimum atomic E-state index is -0.123. The summed E-state index contributed by atoms with van der Waals surface area (Å²) in [5.41, 5.74) is 1.95. The van der Waals surface area contributed by atoms with Crippen LogP contribution in [0.3, 0.4) is 0 Å². The lowest BCUT2D eigenvalue weighted by molar-refractivity contribution is -0.144. The quantitative estimate of drug-likeness (QED) is 0.624. The van der Waals surface area contributed by atoms with Gasteiger partial charge in [-0.3, -0.25) is 4.79 Å². The van der Waals surface area contributed by atoms with E-state index in [1.54, 1.807) is 17.5 Å². The van der Waals surface area contributed by atoms with Gasteiger partial charge in [0.15, 0.2) is 0 Å². The number of hydrogen-bond acceptors (Lipinski definition) is 3. The molecule has 3 aromatic heterocycles. The maximum Gasteiger partial charge on any atom is 0.223 e. The van der Waals surface area contributed by atoms with Gasteiger partial charge in [0.25, 0.3) is 0 Å². The molecule has 1 fully saturated rings. The SMILES string of the molecule is CC(C)CC(=O)N(Cc1ccn2ccnc2c1)C1(c2cccs2)CCC1. The Bertz CT molecular complexity index is 893. The van der Waals surface area contributed by atoms with Crippen LogP contribution in [0.15, 0.2) is 48.2 Å². The summed E-state index contributed by atoms with van der Waals surface area (Å²) in [5.74, 6) is 0.622. The maximum absolute atomic E-state index is 13.2. The summed E-state index contributed by atoms with van der Waals surface area (Å²) in [6, 6.07) is 8.49. The number of amides is 1. The number of nitrogens with zero attached hydrogens (tertiary/aromatic N) is 3. The van der Waals surface area contributed by atoms with E-state index < -0.39 is 0 Å². The van der Waals surface area contributed by atoms with Crippen LogP contribution in [0.1, 0.15) is 50.0 Å². The molecule has 0 atom stereocenters. The van der Waals surface area contributed by atoms with Crippen molar-refractivity contribution >= 4 is 22.9 Å². The molecule has 0 bridgehead atoms. The summed E-state index contributed by atoms with van der Waals surface area (Å²) >= 11 is 1.77. The molecular formula is C21H25N3OS. The van der Waals surface area contributed by atoms with Crippen molar-refractivity contribution in [3.8, 4) is 0 Å². The van der Waals surface area contributed by atoms with Gasteiger partial charge in [0.2, 0.25) is 5.91 Å². The summed E-state index contributed by atoms with van der Waals surface area (Å²) < 4.78 is 2.00. The molecule has 5 heteroatoms. The van der Waals surface area contributed by atoms with Crippen LogP contribution in [-0.4, -0.2) is 20.2 Å². The minimum Gasteiger partial charge on any atom is -0.328 e. The highest BCUT2D eigenvalue weighted by Crippen LogP contribution is 2.49. The van der Waals surface area contributed by atoms with Crippen molar-refractivity contribution in [1.29, 1.82) is 0 Å². The van der Waals surface area contributed by atoms with Crippen LogP contribution in [0.5, 0.6) is 0 Å². The predicted octanol–water partition coefficient (Wildman–Crippen LogP) is 4.85. The number of carbonyl (C=O) groups is 1. The molecule has 1 aliphatic carbocycles. The van der Waals surface area contributed by atoms with Crippen molar-refractivity contribution < 1.29 is 4.79 Å². The van der Waals surface area contributed by atoms with Crippen LogP contribution in [0.4, 0.5) is 0 Å². The van der Waals surface area contributed by atoms with Crippen LogP contribution >= 0.6 is 11.3 Å². The first-order chi connectivity index (χ1) is 12.6. The van der Waals surface area contributed by atoms with Crippen LogP contribution in [0.25, 0.3) is 5.65 Å². The molecule has 0 unspecified atom stereocenters. The zero-order valence-electron chi connectivity index (χ0n) is 15.4. The molecule has 0 saturated heterocycles. The fraction of sp³-hybridized carbons (Fsp3) is 0.429. The Morgan fingerprint density at radius 3 is 2.85 bits per heavy atom. The summed E-state index contributed by atoms with van der Waals surface area (Å²) in [7, 11) is 0. The zero-order chi connectivity index (χ0) is 18.1. The number of carbonyl (C=O) groups excluding carboxylic acids is 1. The number of aromatic nitrogens is 2. The van der Waals surface area contributed by atoms with E-state index in [0.717, 1.165) is 24.1 Å². The Kier molecular flexibility index (Phi) is 4.57. The molecule has 1 saturated carbocycles. The van der Waals surface area contributed by atoms with Gasteiger partial charge >= 0.3 is 0 Å². The zero-order valence-corrected chi connectivity index (χ0v) is 16.2. The van der Waals surface area contributed by atoms with E-state index >= 15 is 0 Å². The Morgan fingerprint density at radius 1 is 1.35 bits per heavy atom. The fourth-order valence-electron chi connectivity index (χ4n) is 3.88. The molecule has 0 spiro atoms. The predicted molar refractivity (Wildman–Crippen MR) is 105 cm³/mol. The molecule has 0 aromatic carbocycles. The van der Waals surface area contributed by atoms with Crippen molar-refractivity contribution in [3.63, 3.8) is 0 Å². The number of fused-ring (bicyclic) bond motifs is 1. The lowest BCUT2D eigenvalue weighted by atomic mass is 9.73. The van der Waals surface area contributed by atoms with Crippen molar-refractivity contribution in [1.82, 2.24) is 14.3 Å². The lowest BCUT2D eigenvalue weighted by Crippen LogP contribution is -2.53. The van der Waals surface area contributed by atoms with Gasteiger partial charge in [0.05, 0.1) is 5.54 Å². The second-order valence-electron chi connectivity index (χ2n) is 7.67. The van der Waals surface area contributed by atoms with Gasteiger partial charge in [0.1, 0.15) is 5.65 Å². The third-order valence-electron chi connectivity index (χ3n) is 5.36. The Hall–Kier alpha value is -2.14. The van der Waals surface area contributed by atoms with E-state index in [1.165, 1.54) is 11.3 Å². The van der Waals surface area contributed by atoms with Gasteiger partial charge in [0, 0.05) is 36.4 Å². The van der Waals surface area contributed by atoms with Crippen molar-refractivity contribution in [2.24, 2.45) is 5.92 Å². The van der Waals surface area contributed by atoms with Gasteiger partial charge < -0.3 is 9.30 Å². The smallest absolute Gasteiger partial charge is 0.223 e. The second kappa shape index (κ2) is 6.88. The van der Waals surface area contributed by atoms with Gasteiger partial charge in [-0.1, -0.05) is 19.9 Å². The van der Waals surface area contributed by atoms with Crippen LogP contribution in [-0.2, 0) is 16.9 Å². The highest BCUT2D eigenvalue weighted by Gasteiger charge is 2.46. The average Bonchev–Trinajstić information content (AvgIpc) is 3.23. The maximum atomic E-state index is 13.2. The first-order valence-electron chi connectivity index (χ1n) is 9.34. The highest BCUT2D eigenvalue weighted by molar-refractivity contribution is 7.10. The third kappa shape index (κ3) is 3.05. The summed E-state index contributed by atoms with van der Waals surface area (Å²) in [6.45, 7) is 4.88. The Balaban J connectivity index is 1.69. The molecule has 1 aliphatic rings. The van der Waals surface area contributed by atoms with E-state index in [4.69, 9.17) is 0 Å². The summed E-state index contributed by atoms with van der Waals surface area (Å²) in [6.07, 6.45) is 9.68. The van der Waals surface area contributed by atoms with Crippen LogP contribution < -0.4 is 0 Å². The first kappa shape index (κ1) is 17.3. The summed E-state index contributed by atoms with van der Waals surface area (Å²) in [5, 5.41) is 2.12. The van der Waals surface area contributed by atoms with Crippen LogP contribution in [0.2, 0.25) is 0 Å². The molecule has 1 amide bonds. The number of hydrogen-bond donors (Lipinski definition) is 0. The lowest BCUT2D eigenvalue weighted by Gasteiger charge is -2.50. The van der Waals surface area contributed by atoms with Gasteiger partial charge in [-0.25, -0.2) is 4.98 Å². The topological polar surface area (TPSA) is 37.6 Å². The number of pyridine rings is 1. The van der Waals surface area contributed by atoms with Crippen LogP contribution in [0, 0.1) is 5.92 Å². The van der Waals surface area contributed by atoms with Crippen molar-refractivity contribution in [2.75, 3.05) is 0 Å². The van der Waals surface area contributed by atoms with E-state index in [0.29, 0.717) is 18.9 Å². The van der Waals surface area contributed by atoms with Crippen molar-refractivity contribution in [3.05, 3.63) is 58.7 Å². The molecule has 0 aliphatic heterocycles. The molecule has 4 nitrogen and oxygen atoms in total. The molecular weight excluding hydrogens is 342 g/mol. The molecule has 136 valence electrons. The van der Waals surface area contributed by atoms with Gasteiger partial charge in [-0.05, 0) is 54.3 Å². The number of imidazole rings is 1. The van der Waals surface area contributed by atoms with E-state index in [-0.39, 0.29) is 11.4 Å². The average molecular weight is 368 g/mol. The van der Waals surface area contributed by atoms with Gasteiger partial charge in [-0.2, -0.15) is 0 Å². The third-order valence-corrected chi connectivity index (χ3v) is 6.43. The molecule has 3 aromatic rings. The molecule has 4 rings (SSSR count). The van der Waals surface area contributed by atoms with E-state index in [1.807, 2.05) is 16.8 Å². The monoisotopic (exact) mass is 367 g/mol. The Morgan fingerprint density at radius 2 is 2.19 bits per heavy atom. The van der Waals surface area contributed by atoms with Gasteiger partial charge in [-0.15, -0.1) is 11.3 Å². The molecule has 0 radical (unpaired) electrons.